The molecule has 2 rings (SSSR count). The van der Waals surface area contributed by atoms with Gasteiger partial charge in [-0.25, -0.2) is 4.85 Å². The summed E-state index contributed by atoms with van der Waals surface area (Å²) in [4.78, 5) is 3.54. The SMILES string of the molecule is [C-]#[N+]c1c(OC)cc(C)c2ccccc12. The van der Waals surface area contributed by atoms with Crippen molar-refractivity contribution >= 4 is 16.5 Å². The van der Waals surface area contributed by atoms with E-state index in [4.69, 9.17) is 11.3 Å². The van der Waals surface area contributed by atoms with E-state index < -0.39 is 0 Å². The number of rotatable bonds is 1. The van der Waals surface area contributed by atoms with Crippen LogP contribution in [0.3, 0.4) is 0 Å². The summed E-state index contributed by atoms with van der Waals surface area (Å²) in [5.74, 6) is 0.654. The number of fused-ring (bicyclic) bond motifs is 1. The van der Waals surface area contributed by atoms with Gasteiger partial charge in [-0.1, -0.05) is 24.3 Å². The van der Waals surface area contributed by atoms with Gasteiger partial charge >= 0.3 is 0 Å². The molecule has 0 N–H and O–H groups in total. The number of ether oxygens (including phenoxy) is 1. The number of hydrogen-bond acceptors (Lipinski definition) is 1. The van der Waals surface area contributed by atoms with Crippen molar-refractivity contribution in [2.24, 2.45) is 0 Å². The summed E-state index contributed by atoms with van der Waals surface area (Å²) in [7, 11) is 1.60. The second-order valence-electron chi connectivity index (χ2n) is 3.40. The van der Waals surface area contributed by atoms with Gasteiger partial charge in [0.05, 0.1) is 13.7 Å². The van der Waals surface area contributed by atoms with Crippen molar-refractivity contribution in [3.63, 3.8) is 0 Å². The van der Waals surface area contributed by atoms with Crippen molar-refractivity contribution in [3.8, 4) is 5.75 Å². The lowest BCUT2D eigenvalue weighted by Crippen LogP contribution is -1.86. The third-order valence-electron chi connectivity index (χ3n) is 2.52. The van der Waals surface area contributed by atoms with Gasteiger partial charge in [0.25, 0.3) is 0 Å². The minimum absolute atomic E-state index is 0.596. The molecule has 0 atom stereocenters. The van der Waals surface area contributed by atoms with Gasteiger partial charge in [0.1, 0.15) is 5.75 Å². The zero-order chi connectivity index (χ0) is 10.8. The Morgan fingerprint density at radius 1 is 1.20 bits per heavy atom. The van der Waals surface area contributed by atoms with Crippen molar-refractivity contribution in [1.29, 1.82) is 0 Å². The molecule has 0 radical (unpaired) electrons. The highest BCUT2D eigenvalue weighted by Crippen LogP contribution is 2.37. The summed E-state index contributed by atoms with van der Waals surface area (Å²) in [6, 6.07) is 9.82. The molecule has 0 aromatic heterocycles. The Hall–Kier alpha value is -2.01. The Kier molecular flexibility index (Phi) is 2.31. The fraction of sp³-hybridized carbons (Fsp3) is 0.154. The Balaban J connectivity index is 2.93. The molecule has 2 nitrogen and oxygen atoms in total. The molecule has 2 aromatic rings. The first kappa shape index (κ1) is 9.54. The summed E-state index contributed by atoms with van der Waals surface area (Å²) in [5.41, 5.74) is 1.73. The fourth-order valence-corrected chi connectivity index (χ4v) is 1.78. The minimum atomic E-state index is 0.596. The van der Waals surface area contributed by atoms with Crippen LogP contribution in [0.1, 0.15) is 5.56 Å². The fourth-order valence-electron chi connectivity index (χ4n) is 1.78. The zero-order valence-electron chi connectivity index (χ0n) is 8.74. The maximum absolute atomic E-state index is 7.19. The largest absolute Gasteiger partial charge is 0.508 e. The van der Waals surface area contributed by atoms with E-state index >= 15 is 0 Å². The van der Waals surface area contributed by atoms with Crippen molar-refractivity contribution in [2.45, 2.75) is 6.92 Å². The van der Waals surface area contributed by atoms with Gasteiger partial charge in [-0.05, 0) is 29.3 Å². The van der Waals surface area contributed by atoms with Crippen molar-refractivity contribution in [2.75, 3.05) is 7.11 Å². The van der Waals surface area contributed by atoms with Crippen LogP contribution in [0.4, 0.5) is 5.69 Å². The lowest BCUT2D eigenvalue weighted by Gasteiger charge is -2.09. The average molecular weight is 197 g/mol. The highest BCUT2D eigenvalue weighted by atomic mass is 16.5. The van der Waals surface area contributed by atoms with E-state index in [0.29, 0.717) is 11.4 Å². The summed E-state index contributed by atoms with van der Waals surface area (Å²) in [5, 5.41) is 2.08. The van der Waals surface area contributed by atoms with Gasteiger partial charge in [0.15, 0.2) is 0 Å². The van der Waals surface area contributed by atoms with Crippen molar-refractivity contribution in [1.82, 2.24) is 0 Å². The van der Waals surface area contributed by atoms with E-state index in [2.05, 4.69) is 4.85 Å². The second-order valence-corrected chi connectivity index (χ2v) is 3.40. The molecule has 74 valence electrons. The third kappa shape index (κ3) is 1.42. The molecular formula is C13H11NO. The molecule has 0 bridgehead atoms. The first-order valence-corrected chi connectivity index (χ1v) is 4.71. The van der Waals surface area contributed by atoms with Crippen LogP contribution < -0.4 is 4.74 Å². The monoisotopic (exact) mass is 197 g/mol. The quantitative estimate of drug-likeness (QED) is 0.635. The molecule has 0 unspecified atom stereocenters. The standard InChI is InChI=1S/C13H11NO/c1-9-8-12(15-3)13(14-2)11-7-5-4-6-10(9)11/h4-8H,1,3H3. The van der Waals surface area contributed by atoms with Crippen LogP contribution in [0.5, 0.6) is 5.75 Å². The second kappa shape index (κ2) is 3.62. The first-order chi connectivity index (χ1) is 7.27. The number of nitrogens with zero attached hydrogens (tertiary/aromatic N) is 1. The average Bonchev–Trinajstić information content (AvgIpc) is 2.29. The van der Waals surface area contributed by atoms with E-state index in [1.165, 1.54) is 0 Å². The molecule has 2 aromatic carbocycles. The van der Waals surface area contributed by atoms with Gasteiger partial charge < -0.3 is 4.74 Å². The Labute approximate surface area is 88.9 Å². The van der Waals surface area contributed by atoms with Gasteiger partial charge in [0, 0.05) is 0 Å². The van der Waals surface area contributed by atoms with Crippen LogP contribution in [-0.4, -0.2) is 7.11 Å². The Bertz CT molecular complexity index is 552. The lowest BCUT2D eigenvalue weighted by molar-refractivity contribution is 0.417. The van der Waals surface area contributed by atoms with Gasteiger partial charge in [-0.3, -0.25) is 0 Å². The number of benzene rings is 2. The number of hydrogen-bond donors (Lipinski definition) is 0. The van der Waals surface area contributed by atoms with E-state index in [1.54, 1.807) is 7.11 Å². The van der Waals surface area contributed by atoms with Crippen LogP contribution >= 0.6 is 0 Å². The molecule has 0 aliphatic heterocycles. The van der Waals surface area contributed by atoms with Crippen LogP contribution in [0.25, 0.3) is 15.6 Å². The van der Waals surface area contributed by atoms with Gasteiger partial charge in [0.2, 0.25) is 5.69 Å². The highest BCUT2D eigenvalue weighted by Gasteiger charge is 2.09. The van der Waals surface area contributed by atoms with E-state index in [0.717, 1.165) is 16.3 Å². The molecule has 0 saturated carbocycles. The third-order valence-corrected chi connectivity index (χ3v) is 2.52. The summed E-state index contributed by atoms with van der Waals surface area (Å²) < 4.78 is 5.21. The molecule has 0 spiro atoms. The Morgan fingerprint density at radius 2 is 1.87 bits per heavy atom. The van der Waals surface area contributed by atoms with Crippen molar-refractivity contribution in [3.05, 3.63) is 47.3 Å². The molecule has 0 heterocycles. The predicted molar refractivity (Wildman–Crippen MR) is 61.5 cm³/mol. The molecule has 0 aliphatic carbocycles. The predicted octanol–water partition coefficient (Wildman–Crippen LogP) is 3.71. The normalized spacial score (nSPS) is 9.93. The topological polar surface area (TPSA) is 13.6 Å². The minimum Gasteiger partial charge on any atom is -0.508 e. The van der Waals surface area contributed by atoms with E-state index in [1.807, 2.05) is 37.3 Å². The van der Waals surface area contributed by atoms with E-state index in [9.17, 15) is 0 Å². The summed E-state index contributed by atoms with van der Waals surface area (Å²) >= 11 is 0. The maximum atomic E-state index is 7.19. The molecule has 0 fully saturated rings. The van der Waals surface area contributed by atoms with E-state index in [-0.39, 0.29) is 0 Å². The lowest BCUT2D eigenvalue weighted by atomic mass is 10.0. The van der Waals surface area contributed by atoms with Gasteiger partial charge in [-0.15, -0.1) is 0 Å². The van der Waals surface area contributed by atoms with Crippen LogP contribution in [-0.2, 0) is 0 Å². The first-order valence-electron chi connectivity index (χ1n) is 4.71. The molecule has 0 amide bonds. The van der Waals surface area contributed by atoms with Crippen LogP contribution in [0.2, 0.25) is 0 Å². The Morgan fingerprint density at radius 3 is 2.47 bits per heavy atom. The molecular weight excluding hydrogens is 186 g/mol. The van der Waals surface area contributed by atoms with Crippen molar-refractivity contribution < 1.29 is 4.74 Å². The molecule has 0 saturated heterocycles. The maximum Gasteiger partial charge on any atom is 0.235 e. The molecule has 15 heavy (non-hydrogen) atoms. The van der Waals surface area contributed by atoms with Crippen LogP contribution in [0, 0.1) is 13.5 Å². The van der Waals surface area contributed by atoms with Crippen LogP contribution in [0.15, 0.2) is 30.3 Å². The zero-order valence-corrected chi connectivity index (χ0v) is 8.74. The summed E-state index contributed by atoms with van der Waals surface area (Å²) in [6.45, 7) is 9.21. The number of methoxy groups -OCH3 is 1. The smallest absolute Gasteiger partial charge is 0.235 e. The summed E-state index contributed by atoms with van der Waals surface area (Å²) in [6.07, 6.45) is 0. The highest BCUT2D eigenvalue weighted by molar-refractivity contribution is 5.99. The number of aryl methyl sites for hydroxylation is 1. The molecule has 0 aliphatic rings. The van der Waals surface area contributed by atoms with Gasteiger partial charge in [-0.2, -0.15) is 0 Å². The molecule has 2 heteroatoms.